The van der Waals surface area contributed by atoms with Crippen molar-refractivity contribution in [1.82, 2.24) is 10.9 Å². The summed E-state index contributed by atoms with van der Waals surface area (Å²) in [5.41, 5.74) is 5.84. The van der Waals surface area contributed by atoms with Gasteiger partial charge in [-0.25, -0.2) is 0 Å². The first-order valence-electron chi connectivity index (χ1n) is 6.44. The molecule has 0 aliphatic heterocycles. The minimum Gasteiger partial charge on any atom is -0.332 e. The van der Waals surface area contributed by atoms with Gasteiger partial charge in [-0.05, 0) is 0 Å². The number of benzene rings is 1. The molecule has 0 fully saturated rings. The first kappa shape index (κ1) is 15.2. The number of rotatable bonds is 5. The molecule has 2 amide bonds. The van der Waals surface area contributed by atoms with Crippen LogP contribution in [0.5, 0.6) is 0 Å². The number of hydrogen-bond acceptors (Lipinski definition) is 2. The molecule has 0 aliphatic rings. The molecule has 5 nitrogen and oxygen atoms in total. The number of hydrazine groups is 1. The molecule has 0 aromatic heterocycles. The maximum Gasteiger partial charge on any atom is 0.293 e. The van der Waals surface area contributed by atoms with Crippen LogP contribution in [0.1, 0.15) is 32.4 Å². The molecular weight excluding hydrogens is 242 g/mol. The molecule has 104 valence electrons. The molecule has 1 atom stereocenters. The lowest BCUT2D eigenvalue weighted by atomic mass is 9.96. The molecule has 0 bridgehead atoms. The van der Waals surface area contributed by atoms with Crippen LogP contribution in [0.4, 0.5) is 0 Å². The Morgan fingerprint density at radius 2 is 1.79 bits per heavy atom. The Balaban J connectivity index is 2.52. The third kappa shape index (κ3) is 5.52. The van der Waals surface area contributed by atoms with Crippen LogP contribution < -0.4 is 16.2 Å². The molecule has 4 N–H and O–H groups in total. The summed E-state index contributed by atoms with van der Waals surface area (Å²) in [7, 11) is 0. The highest BCUT2D eigenvalue weighted by Crippen LogP contribution is 2.16. The molecule has 0 saturated heterocycles. The highest BCUT2D eigenvalue weighted by Gasteiger charge is 2.19. The smallest absolute Gasteiger partial charge is 0.293 e. The second-order valence-electron chi connectivity index (χ2n) is 4.85. The van der Waals surface area contributed by atoms with E-state index in [-0.39, 0.29) is 24.4 Å². The Labute approximate surface area is 113 Å². The third-order valence-electron chi connectivity index (χ3n) is 2.84. The van der Waals surface area contributed by atoms with Crippen LogP contribution in [-0.2, 0) is 9.59 Å². The van der Waals surface area contributed by atoms with E-state index in [1.807, 2.05) is 23.5 Å². The normalized spacial score (nSPS) is 12.0. The van der Waals surface area contributed by atoms with Gasteiger partial charge in [0.05, 0.1) is 0 Å². The number of carbonyl (C=O) groups excluding carboxylic acids is 2. The molecular formula is C14H22N3O2+. The van der Waals surface area contributed by atoms with E-state index in [4.69, 9.17) is 0 Å². The zero-order chi connectivity index (χ0) is 14.3. The molecule has 5 heteroatoms. The third-order valence-corrected chi connectivity index (χ3v) is 2.84. The quantitative estimate of drug-likeness (QED) is 0.661. The van der Waals surface area contributed by atoms with E-state index >= 15 is 0 Å². The molecule has 0 spiro atoms. The maximum absolute atomic E-state index is 11.5. The molecule has 1 aromatic rings. The van der Waals surface area contributed by atoms with Crippen molar-refractivity contribution in [3.8, 4) is 0 Å². The topological polar surface area (TPSA) is 74.8 Å². The van der Waals surface area contributed by atoms with Crippen molar-refractivity contribution in [2.45, 2.75) is 26.8 Å². The molecule has 0 unspecified atom stereocenters. The van der Waals surface area contributed by atoms with Crippen LogP contribution in [0.25, 0.3) is 0 Å². The van der Waals surface area contributed by atoms with E-state index < -0.39 is 0 Å². The predicted molar refractivity (Wildman–Crippen MR) is 72.8 cm³/mol. The van der Waals surface area contributed by atoms with Crippen molar-refractivity contribution in [3.63, 3.8) is 0 Å². The minimum absolute atomic E-state index is 0.211. The molecule has 0 heterocycles. The van der Waals surface area contributed by atoms with Crippen LogP contribution in [-0.4, -0.2) is 18.4 Å². The Hall–Kier alpha value is -1.88. The second kappa shape index (κ2) is 7.53. The maximum atomic E-state index is 11.5. The van der Waals surface area contributed by atoms with Gasteiger partial charge in [0, 0.05) is 18.4 Å². The zero-order valence-corrected chi connectivity index (χ0v) is 11.6. The van der Waals surface area contributed by atoms with Gasteiger partial charge >= 0.3 is 0 Å². The van der Waals surface area contributed by atoms with E-state index in [2.05, 4.69) is 36.8 Å². The second-order valence-corrected chi connectivity index (χ2v) is 4.85. The molecule has 0 saturated carbocycles. The van der Waals surface area contributed by atoms with E-state index in [0.29, 0.717) is 5.92 Å². The number of amides is 2. The Bertz CT molecular complexity index is 418. The summed E-state index contributed by atoms with van der Waals surface area (Å²) >= 11 is 0. The average molecular weight is 264 g/mol. The van der Waals surface area contributed by atoms with Crippen molar-refractivity contribution in [1.29, 1.82) is 0 Å². The Morgan fingerprint density at radius 3 is 2.32 bits per heavy atom. The van der Waals surface area contributed by atoms with Gasteiger partial charge in [0.25, 0.3) is 5.91 Å². The van der Waals surface area contributed by atoms with Gasteiger partial charge in [0.2, 0.25) is 5.91 Å². The van der Waals surface area contributed by atoms with Gasteiger partial charge in [0.15, 0.2) is 6.54 Å². The van der Waals surface area contributed by atoms with Gasteiger partial charge in [-0.15, -0.1) is 0 Å². The average Bonchev–Trinajstić information content (AvgIpc) is 2.37. The summed E-state index contributed by atoms with van der Waals surface area (Å²) < 4.78 is 0. The zero-order valence-electron chi connectivity index (χ0n) is 11.6. The first-order chi connectivity index (χ1) is 9.00. The van der Waals surface area contributed by atoms with Crippen molar-refractivity contribution >= 4 is 11.8 Å². The van der Waals surface area contributed by atoms with Crippen molar-refractivity contribution in [2.24, 2.45) is 5.92 Å². The lowest BCUT2D eigenvalue weighted by Gasteiger charge is -2.19. The van der Waals surface area contributed by atoms with Gasteiger partial charge in [0.1, 0.15) is 6.04 Å². The molecule has 1 aromatic carbocycles. The fraction of sp³-hybridized carbons (Fsp3) is 0.429. The standard InChI is InChI=1S/C14H21N3O2/c1-10(2)14(12-7-5-4-6-8-12)15-9-13(19)17-16-11(3)18/h4-8,10,14-15H,9H2,1-3H3,(H,16,18)(H,17,19)/p+1/t14-/m1/s1. The molecule has 1 rings (SSSR count). The number of nitrogens with one attached hydrogen (secondary N) is 2. The monoisotopic (exact) mass is 264 g/mol. The lowest BCUT2D eigenvalue weighted by molar-refractivity contribution is -0.692. The predicted octanol–water partition coefficient (Wildman–Crippen LogP) is 0.114. The van der Waals surface area contributed by atoms with Gasteiger partial charge in [-0.1, -0.05) is 44.2 Å². The van der Waals surface area contributed by atoms with Gasteiger partial charge < -0.3 is 5.32 Å². The molecule has 0 radical (unpaired) electrons. The summed E-state index contributed by atoms with van der Waals surface area (Å²) in [6.07, 6.45) is 0. The lowest BCUT2D eigenvalue weighted by Crippen LogP contribution is -2.88. The van der Waals surface area contributed by atoms with E-state index in [9.17, 15) is 9.59 Å². The number of nitrogens with two attached hydrogens (primary N) is 1. The summed E-state index contributed by atoms with van der Waals surface area (Å²) in [5, 5.41) is 1.98. The van der Waals surface area contributed by atoms with Crippen LogP contribution in [0, 0.1) is 5.92 Å². The van der Waals surface area contributed by atoms with Gasteiger partial charge in [-0.2, -0.15) is 0 Å². The number of carbonyl (C=O) groups is 2. The minimum atomic E-state index is -0.281. The van der Waals surface area contributed by atoms with E-state index in [1.54, 1.807) is 0 Å². The summed E-state index contributed by atoms with van der Waals surface area (Å²) in [4.78, 5) is 22.2. The highest BCUT2D eigenvalue weighted by molar-refractivity contribution is 5.81. The van der Waals surface area contributed by atoms with Crippen LogP contribution >= 0.6 is 0 Å². The van der Waals surface area contributed by atoms with Crippen molar-refractivity contribution < 1.29 is 14.9 Å². The summed E-state index contributed by atoms with van der Waals surface area (Å²) in [6, 6.07) is 10.3. The van der Waals surface area contributed by atoms with Crippen LogP contribution in [0.2, 0.25) is 0 Å². The van der Waals surface area contributed by atoms with Crippen LogP contribution in [0.15, 0.2) is 30.3 Å². The Morgan fingerprint density at radius 1 is 1.16 bits per heavy atom. The first-order valence-corrected chi connectivity index (χ1v) is 6.44. The molecule has 0 aliphatic carbocycles. The van der Waals surface area contributed by atoms with Crippen molar-refractivity contribution in [3.05, 3.63) is 35.9 Å². The van der Waals surface area contributed by atoms with E-state index in [1.165, 1.54) is 12.5 Å². The fourth-order valence-electron chi connectivity index (χ4n) is 1.91. The number of quaternary nitrogens is 1. The largest absolute Gasteiger partial charge is 0.332 e. The fourth-order valence-corrected chi connectivity index (χ4v) is 1.91. The van der Waals surface area contributed by atoms with Crippen molar-refractivity contribution in [2.75, 3.05) is 6.54 Å². The molecule has 19 heavy (non-hydrogen) atoms. The van der Waals surface area contributed by atoms with Crippen LogP contribution in [0.3, 0.4) is 0 Å². The number of hydrogen-bond donors (Lipinski definition) is 3. The SMILES string of the molecule is CC(=O)NNC(=O)C[NH2+][C@@H](c1ccccc1)C(C)C. The highest BCUT2D eigenvalue weighted by atomic mass is 16.2. The summed E-state index contributed by atoms with van der Waals surface area (Å²) in [5.74, 6) is -0.0791. The Kier molecular flexibility index (Phi) is 6.02. The summed E-state index contributed by atoms with van der Waals surface area (Å²) in [6.45, 7) is 5.88. The van der Waals surface area contributed by atoms with E-state index in [0.717, 1.165) is 0 Å². The van der Waals surface area contributed by atoms with Gasteiger partial charge in [-0.3, -0.25) is 20.4 Å².